The van der Waals surface area contributed by atoms with E-state index in [1.807, 2.05) is 28.9 Å². The molecule has 1 saturated heterocycles. The summed E-state index contributed by atoms with van der Waals surface area (Å²) in [7, 11) is -3.47. The van der Waals surface area contributed by atoms with Gasteiger partial charge in [0.15, 0.2) is 11.5 Å². The zero-order valence-corrected chi connectivity index (χ0v) is 17.9. The zero-order chi connectivity index (χ0) is 20.7. The van der Waals surface area contributed by atoms with Crippen LogP contribution in [0.4, 0.5) is 5.69 Å². The maximum Gasteiger partial charge on any atom is 0.243 e. The van der Waals surface area contributed by atoms with Crippen molar-refractivity contribution in [2.24, 2.45) is 0 Å². The second-order valence-electron chi connectivity index (χ2n) is 8.10. The molecule has 1 aliphatic heterocycles. The Bertz CT molecular complexity index is 1150. The van der Waals surface area contributed by atoms with Crippen molar-refractivity contribution < 1.29 is 8.42 Å². The van der Waals surface area contributed by atoms with Crippen LogP contribution in [0.25, 0.3) is 5.65 Å². The summed E-state index contributed by atoms with van der Waals surface area (Å²) in [5.74, 6) is 1.43. The Morgan fingerprint density at radius 3 is 2.43 bits per heavy atom. The Morgan fingerprint density at radius 2 is 1.77 bits per heavy atom. The summed E-state index contributed by atoms with van der Waals surface area (Å²) in [5.41, 5.74) is 2.87. The zero-order valence-electron chi connectivity index (χ0n) is 17.1. The fraction of sp³-hybridized carbons (Fsp3) is 0.476. The molecule has 2 aliphatic rings. The number of hydrogen-bond donors (Lipinski definition) is 0. The van der Waals surface area contributed by atoms with Crippen LogP contribution in [0.5, 0.6) is 0 Å². The lowest BCUT2D eigenvalue weighted by Gasteiger charge is -2.35. The van der Waals surface area contributed by atoms with E-state index in [0.29, 0.717) is 37.0 Å². The minimum atomic E-state index is -3.47. The molecule has 30 heavy (non-hydrogen) atoms. The first-order valence-electron chi connectivity index (χ1n) is 10.6. The number of aromatic nitrogens is 4. The quantitative estimate of drug-likeness (QED) is 0.602. The smallest absolute Gasteiger partial charge is 0.243 e. The highest BCUT2D eigenvalue weighted by Crippen LogP contribution is 2.38. The molecule has 5 rings (SSSR count). The molecule has 158 valence electrons. The van der Waals surface area contributed by atoms with Crippen molar-refractivity contribution in [2.45, 2.75) is 43.4 Å². The number of rotatable bonds is 6. The molecule has 0 N–H and O–H groups in total. The third-order valence-corrected chi connectivity index (χ3v) is 7.83. The van der Waals surface area contributed by atoms with E-state index >= 15 is 0 Å². The lowest BCUT2D eigenvalue weighted by Crippen LogP contribution is -2.48. The summed E-state index contributed by atoms with van der Waals surface area (Å²) in [6.07, 6.45) is 6.15. The van der Waals surface area contributed by atoms with Gasteiger partial charge in [-0.3, -0.25) is 0 Å². The average molecular weight is 427 g/mol. The van der Waals surface area contributed by atoms with Crippen molar-refractivity contribution in [3.05, 3.63) is 47.9 Å². The predicted octanol–water partition coefficient (Wildman–Crippen LogP) is 2.47. The second kappa shape index (κ2) is 7.63. The van der Waals surface area contributed by atoms with Crippen molar-refractivity contribution >= 4 is 21.4 Å². The Balaban J connectivity index is 1.28. The lowest BCUT2D eigenvalue weighted by molar-refractivity contribution is 0.384. The molecule has 0 atom stereocenters. The van der Waals surface area contributed by atoms with Crippen LogP contribution < -0.4 is 4.90 Å². The highest BCUT2D eigenvalue weighted by molar-refractivity contribution is 7.89. The molecule has 8 nitrogen and oxygen atoms in total. The first-order chi connectivity index (χ1) is 14.6. The first-order valence-corrected chi connectivity index (χ1v) is 12.1. The maximum absolute atomic E-state index is 13.0. The molecule has 1 aliphatic carbocycles. The van der Waals surface area contributed by atoms with Crippen LogP contribution in [0.2, 0.25) is 0 Å². The van der Waals surface area contributed by atoms with Gasteiger partial charge in [-0.05, 0) is 37.0 Å². The summed E-state index contributed by atoms with van der Waals surface area (Å²) in [5, 5.41) is 13.1. The molecule has 1 saturated carbocycles. The van der Waals surface area contributed by atoms with Gasteiger partial charge in [0.25, 0.3) is 0 Å². The van der Waals surface area contributed by atoms with Crippen LogP contribution in [-0.2, 0) is 16.4 Å². The Hall–Kier alpha value is -2.52. The summed E-state index contributed by atoms with van der Waals surface area (Å²) in [6, 6.07) is 9.28. The van der Waals surface area contributed by atoms with Gasteiger partial charge in [-0.25, -0.2) is 8.42 Å². The van der Waals surface area contributed by atoms with E-state index in [9.17, 15) is 8.42 Å². The largest absolute Gasteiger partial charge is 0.367 e. The van der Waals surface area contributed by atoms with Gasteiger partial charge in [-0.2, -0.15) is 13.9 Å². The molecular formula is C21H26N6O2S. The molecule has 0 radical (unpaired) electrons. The maximum atomic E-state index is 13.0. The number of aryl methyl sites for hydroxylation is 1. The van der Waals surface area contributed by atoms with Crippen molar-refractivity contribution in [3.8, 4) is 0 Å². The van der Waals surface area contributed by atoms with E-state index in [2.05, 4.69) is 27.1 Å². The summed E-state index contributed by atoms with van der Waals surface area (Å²) >= 11 is 0. The van der Waals surface area contributed by atoms with Crippen LogP contribution >= 0.6 is 0 Å². The van der Waals surface area contributed by atoms with Crippen LogP contribution in [-0.4, -0.2) is 58.7 Å². The van der Waals surface area contributed by atoms with E-state index in [1.165, 1.54) is 5.56 Å². The number of anilines is 1. The van der Waals surface area contributed by atoms with Crippen molar-refractivity contribution in [1.29, 1.82) is 0 Å². The molecule has 3 heterocycles. The van der Waals surface area contributed by atoms with Gasteiger partial charge in [-0.15, -0.1) is 10.2 Å². The number of sulfonamides is 1. The van der Waals surface area contributed by atoms with E-state index < -0.39 is 10.0 Å². The Kier molecular flexibility index (Phi) is 4.94. The third-order valence-electron chi connectivity index (χ3n) is 5.92. The normalized spacial score (nSPS) is 18.2. The fourth-order valence-electron chi connectivity index (χ4n) is 4.02. The van der Waals surface area contributed by atoms with E-state index in [0.717, 1.165) is 42.8 Å². The molecule has 2 aromatic heterocycles. The minimum Gasteiger partial charge on any atom is -0.367 e. The second-order valence-corrected chi connectivity index (χ2v) is 10.0. The van der Waals surface area contributed by atoms with Gasteiger partial charge in [-0.1, -0.05) is 25.5 Å². The number of hydrogen-bond acceptors (Lipinski definition) is 6. The molecule has 0 spiro atoms. The summed E-state index contributed by atoms with van der Waals surface area (Å²) < 4.78 is 29.4. The van der Waals surface area contributed by atoms with Crippen molar-refractivity contribution in [3.63, 3.8) is 0 Å². The molecule has 1 aromatic carbocycles. The van der Waals surface area contributed by atoms with Crippen LogP contribution in [0.15, 0.2) is 41.4 Å². The summed E-state index contributed by atoms with van der Waals surface area (Å²) in [4.78, 5) is 2.53. The van der Waals surface area contributed by atoms with Gasteiger partial charge >= 0.3 is 0 Å². The predicted molar refractivity (Wildman–Crippen MR) is 114 cm³/mol. The number of benzene rings is 1. The average Bonchev–Trinajstić information content (AvgIpc) is 3.53. The van der Waals surface area contributed by atoms with Gasteiger partial charge in [0, 0.05) is 38.2 Å². The molecule has 2 fully saturated rings. The molecule has 0 unspecified atom stereocenters. The molecule has 0 bridgehead atoms. The Labute approximate surface area is 176 Å². The standard InChI is InChI=1S/C21H26N6O2S/c1-2-3-16-4-8-19(9-5-16)30(28,29)26-12-10-25(11-13-26)18-14-20-23-24-21(17-6-7-17)27(20)22-15-18/h4-5,8-9,14-15,17H,2-3,6-7,10-13H2,1H3. The third kappa shape index (κ3) is 3.56. The number of nitrogens with zero attached hydrogens (tertiary/aromatic N) is 6. The van der Waals surface area contributed by atoms with Gasteiger partial charge in [0.05, 0.1) is 16.8 Å². The highest BCUT2D eigenvalue weighted by atomic mass is 32.2. The van der Waals surface area contributed by atoms with E-state index in [1.54, 1.807) is 16.4 Å². The molecule has 0 amide bonds. The highest BCUT2D eigenvalue weighted by Gasteiger charge is 2.31. The minimum absolute atomic E-state index is 0.370. The summed E-state index contributed by atoms with van der Waals surface area (Å²) in [6.45, 7) is 4.25. The lowest BCUT2D eigenvalue weighted by atomic mass is 10.1. The topological polar surface area (TPSA) is 83.7 Å². The number of piperazine rings is 1. The van der Waals surface area contributed by atoms with Gasteiger partial charge in [0.1, 0.15) is 0 Å². The fourth-order valence-corrected chi connectivity index (χ4v) is 5.44. The monoisotopic (exact) mass is 426 g/mol. The van der Waals surface area contributed by atoms with Crippen molar-refractivity contribution in [1.82, 2.24) is 24.1 Å². The van der Waals surface area contributed by atoms with Gasteiger partial charge in [0.2, 0.25) is 10.0 Å². The van der Waals surface area contributed by atoms with Crippen LogP contribution in [0.3, 0.4) is 0 Å². The first kappa shape index (κ1) is 19.4. The van der Waals surface area contributed by atoms with Gasteiger partial charge < -0.3 is 4.90 Å². The molecule has 3 aromatic rings. The number of fused-ring (bicyclic) bond motifs is 1. The van der Waals surface area contributed by atoms with E-state index in [-0.39, 0.29) is 0 Å². The van der Waals surface area contributed by atoms with E-state index in [4.69, 9.17) is 0 Å². The van der Waals surface area contributed by atoms with Crippen LogP contribution in [0, 0.1) is 0 Å². The molecular weight excluding hydrogens is 400 g/mol. The van der Waals surface area contributed by atoms with Crippen molar-refractivity contribution in [2.75, 3.05) is 31.1 Å². The Morgan fingerprint density at radius 1 is 1.03 bits per heavy atom. The molecule has 9 heteroatoms. The van der Waals surface area contributed by atoms with Crippen LogP contribution in [0.1, 0.15) is 43.5 Å². The SMILES string of the molecule is CCCc1ccc(S(=O)(=O)N2CCN(c3cnn4c(C5CC5)nnc4c3)CC2)cc1.